The van der Waals surface area contributed by atoms with Crippen molar-refractivity contribution in [1.82, 2.24) is 19.9 Å². The first kappa shape index (κ1) is 12.0. The van der Waals surface area contributed by atoms with Crippen LogP contribution in [0.4, 0.5) is 0 Å². The van der Waals surface area contributed by atoms with E-state index in [9.17, 15) is 4.79 Å². The molecule has 94 valence electrons. The van der Waals surface area contributed by atoms with Crippen LogP contribution >= 0.6 is 0 Å². The Morgan fingerprint density at radius 2 is 2.00 bits per heavy atom. The molecule has 1 aliphatic rings. The first-order chi connectivity index (χ1) is 8.08. The summed E-state index contributed by atoms with van der Waals surface area (Å²) >= 11 is 0. The third-order valence-corrected chi connectivity index (χ3v) is 3.21. The van der Waals surface area contributed by atoms with Gasteiger partial charge in [0.25, 0.3) is 0 Å². The molecule has 6 heteroatoms. The van der Waals surface area contributed by atoms with Crippen molar-refractivity contribution < 1.29 is 9.32 Å². The Hall–Kier alpha value is -1.43. The highest BCUT2D eigenvalue weighted by Gasteiger charge is 2.26. The molecule has 1 unspecified atom stereocenters. The summed E-state index contributed by atoms with van der Waals surface area (Å²) < 4.78 is 5.17. The SMILES string of the molecule is CC(=O)N1CCN(C(C)c2nc(C)no2)CC1. The summed E-state index contributed by atoms with van der Waals surface area (Å²) in [5, 5.41) is 3.80. The van der Waals surface area contributed by atoms with Crippen molar-refractivity contribution in [3.05, 3.63) is 11.7 Å². The van der Waals surface area contributed by atoms with Crippen LogP contribution in [0.2, 0.25) is 0 Å². The second-order valence-corrected chi connectivity index (χ2v) is 4.40. The third kappa shape index (κ3) is 2.63. The van der Waals surface area contributed by atoms with Crippen LogP contribution < -0.4 is 0 Å². The Bertz CT molecular complexity index is 396. The fourth-order valence-electron chi connectivity index (χ4n) is 2.06. The Balaban J connectivity index is 1.94. The van der Waals surface area contributed by atoms with Crippen LogP contribution in [-0.4, -0.2) is 52.0 Å². The normalized spacial score (nSPS) is 19.4. The number of carbonyl (C=O) groups is 1. The van der Waals surface area contributed by atoms with Crippen molar-refractivity contribution in [2.45, 2.75) is 26.8 Å². The quantitative estimate of drug-likeness (QED) is 0.755. The molecule has 2 heterocycles. The molecule has 0 spiro atoms. The zero-order chi connectivity index (χ0) is 12.4. The number of hydrogen-bond donors (Lipinski definition) is 0. The first-order valence-corrected chi connectivity index (χ1v) is 5.87. The topological polar surface area (TPSA) is 62.5 Å². The lowest BCUT2D eigenvalue weighted by molar-refractivity contribution is -0.130. The van der Waals surface area contributed by atoms with Crippen molar-refractivity contribution in [2.24, 2.45) is 0 Å². The number of nitrogens with zero attached hydrogens (tertiary/aromatic N) is 4. The third-order valence-electron chi connectivity index (χ3n) is 3.21. The molecule has 0 N–H and O–H groups in total. The van der Waals surface area contributed by atoms with Crippen LogP contribution in [0.25, 0.3) is 0 Å². The van der Waals surface area contributed by atoms with Crippen molar-refractivity contribution >= 4 is 5.91 Å². The largest absolute Gasteiger partial charge is 0.340 e. The minimum absolute atomic E-state index is 0.116. The molecule has 1 aromatic heterocycles. The molecule has 1 amide bonds. The molecular formula is C11H18N4O2. The zero-order valence-corrected chi connectivity index (χ0v) is 10.5. The van der Waals surface area contributed by atoms with E-state index in [2.05, 4.69) is 22.0 Å². The molecule has 0 aliphatic carbocycles. The van der Waals surface area contributed by atoms with Crippen LogP contribution in [-0.2, 0) is 4.79 Å². The van der Waals surface area contributed by atoms with Crippen molar-refractivity contribution in [3.63, 3.8) is 0 Å². The summed E-state index contributed by atoms with van der Waals surface area (Å²) in [5.74, 6) is 1.46. The summed E-state index contributed by atoms with van der Waals surface area (Å²) in [6, 6.07) is 0.116. The van der Waals surface area contributed by atoms with E-state index >= 15 is 0 Å². The average molecular weight is 238 g/mol. The highest BCUT2D eigenvalue weighted by molar-refractivity contribution is 5.73. The Morgan fingerprint density at radius 1 is 1.35 bits per heavy atom. The number of aromatic nitrogens is 2. The molecule has 2 rings (SSSR count). The molecule has 17 heavy (non-hydrogen) atoms. The molecule has 1 aromatic rings. The maximum atomic E-state index is 11.2. The highest BCUT2D eigenvalue weighted by Crippen LogP contribution is 2.19. The lowest BCUT2D eigenvalue weighted by atomic mass is 10.2. The van der Waals surface area contributed by atoms with Gasteiger partial charge in [-0.1, -0.05) is 5.16 Å². The molecule has 0 radical (unpaired) electrons. The van der Waals surface area contributed by atoms with Gasteiger partial charge in [0.15, 0.2) is 5.82 Å². The predicted octanol–water partition coefficient (Wildman–Crippen LogP) is 0.603. The summed E-state index contributed by atoms with van der Waals surface area (Å²) in [4.78, 5) is 19.6. The van der Waals surface area contributed by atoms with Gasteiger partial charge in [0.1, 0.15) is 0 Å². The van der Waals surface area contributed by atoms with E-state index in [4.69, 9.17) is 4.52 Å². The monoisotopic (exact) mass is 238 g/mol. The second-order valence-electron chi connectivity index (χ2n) is 4.40. The number of rotatable bonds is 2. The standard InChI is InChI=1S/C11H18N4O2/c1-8(11-12-9(2)13-17-11)14-4-6-15(7-5-14)10(3)16/h8H,4-7H2,1-3H3. The number of amides is 1. The van der Waals surface area contributed by atoms with E-state index in [0.29, 0.717) is 11.7 Å². The van der Waals surface area contributed by atoms with Gasteiger partial charge in [0.05, 0.1) is 6.04 Å². The Morgan fingerprint density at radius 3 is 2.47 bits per heavy atom. The lowest BCUT2D eigenvalue weighted by Gasteiger charge is -2.36. The van der Waals surface area contributed by atoms with Gasteiger partial charge < -0.3 is 9.42 Å². The fourth-order valence-corrected chi connectivity index (χ4v) is 2.06. The van der Waals surface area contributed by atoms with Crippen molar-refractivity contribution in [2.75, 3.05) is 26.2 Å². The van der Waals surface area contributed by atoms with Gasteiger partial charge in [0, 0.05) is 33.1 Å². The summed E-state index contributed by atoms with van der Waals surface area (Å²) in [7, 11) is 0. The van der Waals surface area contributed by atoms with Crippen LogP contribution in [0.3, 0.4) is 0 Å². The molecule has 0 aromatic carbocycles. The van der Waals surface area contributed by atoms with Gasteiger partial charge in [-0.25, -0.2) is 0 Å². The average Bonchev–Trinajstić information content (AvgIpc) is 2.75. The van der Waals surface area contributed by atoms with E-state index in [1.165, 1.54) is 0 Å². The van der Waals surface area contributed by atoms with E-state index in [1.807, 2.05) is 11.8 Å². The molecule has 0 bridgehead atoms. The summed E-state index contributed by atoms with van der Waals surface area (Å²) in [5.41, 5.74) is 0. The number of aryl methyl sites for hydroxylation is 1. The molecule has 1 aliphatic heterocycles. The van der Waals surface area contributed by atoms with Gasteiger partial charge >= 0.3 is 0 Å². The molecular weight excluding hydrogens is 220 g/mol. The zero-order valence-electron chi connectivity index (χ0n) is 10.5. The van der Waals surface area contributed by atoms with Gasteiger partial charge in [0.2, 0.25) is 11.8 Å². The molecule has 0 saturated carbocycles. The minimum Gasteiger partial charge on any atom is -0.340 e. The van der Waals surface area contributed by atoms with Crippen LogP contribution in [0.15, 0.2) is 4.52 Å². The highest BCUT2D eigenvalue weighted by atomic mass is 16.5. The van der Waals surface area contributed by atoms with E-state index in [0.717, 1.165) is 26.2 Å². The molecule has 6 nitrogen and oxygen atoms in total. The fraction of sp³-hybridized carbons (Fsp3) is 0.727. The first-order valence-electron chi connectivity index (χ1n) is 5.87. The number of carbonyl (C=O) groups excluding carboxylic acids is 1. The van der Waals surface area contributed by atoms with Crippen molar-refractivity contribution in [3.8, 4) is 0 Å². The molecule has 1 atom stereocenters. The maximum Gasteiger partial charge on any atom is 0.243 e. The second kappa shape index (κ2) is 4.83. The smallest absolute Gasteiger partial charge is 0.243 e. The van der Waals surface area contributed by atoms with Gasteiger partial charge in [-0.05, 0) is 13.8 Å². The van der Waals surface area contributed by atoms with Crippen LogP contribution in [0, 0.1) is 6.92 Å². The lowest BCUT2D eigenvalue weighted by Crippen LogP contribution is -2.48. The van der Waals surface area contributed by atoms with E-state index in [-0.39, 0.29) is 11.9 Å². The minimum atomic E-state index is 0.116. The predicted molar refractivity (Wildman–Crippen MR) is 61.3 cm³/mol. The van der Waals surface area contributed by atoms with Crippen LogP contribution in [0.1, 0.15) is 31.6 Å². The maximum absolute atomic E-state index is 11.2. The summed E-state index contributed by atoms with van der Waals surface area (Å²) in [6.45, 7) is 8.72. The van der Waals surface area contributed by atoms with E-state index in [1.54, 1.807) is 6.92 Å². The van der Waals surface area contributed by atoms with E-state index < -0.39 is 0 Å². The summed E-state index contributed by atoms with van der Waals surface area (Å²) in [6.07, 6.45) is 0. The van der Waals surface area contributed by atoms with Gasteiger partial charge in [-0.2, -0.15) is 4.98 Å². The Kier molecular flexibility index (Phi) is 3.42. The van der Waals surface area contributed by atoms with Gasteiger partial charge in [-0.3, -0.25) is 9.69 Å². The number of piperazine rings is 1. The Labute approximate surface area is 101 Å². The molecule has 1 fully saturated rings. The number of hydrogen-bond acceptors (Lipinski definition) is 5. The van der Waals surface area contributed by atoms with Crippen molar-refractivity contribution in [1.29, 1.82) is 0 Å². The molecule has 1 saturated heterocycles. The van der Waals surface area contributed by atoms with Gasteiger partial charge in [-0.15, -0.1) is 0 Å². The van der Waals surface area contributed by atoms with Crippen LogP contribution in [0.5, 0.6) is 0 Å².